The van der Waals surface area contributed by atoms with Crippen molar-refractivity contribution < 1.29 is 86.0 Å². The quantitative estimate of drug-likeness (QED) is 0.00963. The highest BCUT2D eigenvalue weighted by molar-refractivity contribution is 7.84. The molecule has 0 bridgehead atoms. The van der Waals surface area contributed by atoms with E-state index < -0.39 is 175 Å². The zero-order chi connectivity index (χ0) is 74.7. The van der Waals surface area contributed by atoms with Gasteiger partial charge in [-0.15, -0.1) is 0 Å². The maximum Gasteiger partial charge on any atom is 0.469 e. The Morgan fingerprint density at radius 2 is 1.20 bits per heavy atom. The normalized spacial score (nSPS) is 15.1. The number of aromatic amines is 1. The Bertz CT molecular complexity index is 3180. The van der Waals surface area contributed by atoms with E-state index in [1.54, 1.807) is 27.7 Å². The highest BCUT2D eigenvalue weighted by atomic mass is 32.2. The van der Waals surface area contributed by atoms with Crippen molar-refractivity contribution in [2.45, 2.75) is 160 Å². The molecule has 0 radical (unpaired) electrons. The summed E-state index contributed by atoms with van der Waals surface area (Å²) < 4.78 is 28.7. The number of imidazole rings is 1. The number of hydrogen-bond acceptors (Lipinski definition) is 21. The van der Waals surface area contributed by atoms with Crippen molar-refractivity contribution in [1.29, 1.82) is 0 Å². The zero-order valence-electron chi connectivity index (χ0n) is 56.4. The number of nitrogens with one attached hydrogen (secondary N) is 11. The minimum atomic E-state index is -5.26. The number of aliphatic hydroxyl groups is 1. The van der Waals surface area contributed by atoms with Gasteiger partial charge in [0.05, 0.1) is 38.7 Å². The van der Waals surface area contributed by atoms with Crippen molar-refractivity contribution in [3.05, 3.63) is 59.7 Å². The Balaban J connectivity index is 2.57. The van der Waals surface area contributed by atoms with Gasteiger partial charge < -0.3 is 113 Å². The minimum Gasteiger partial charge on any atom is -0.508 e. The van der Waals surface area contributed by atoms with E-state index in [0.717, 1.165) is 6.92 Å². The predicted octanol–water partition coefficient (Wildman–Crippen LogP) is -6.73. The standard InChI is InChI=1S/C59H99N20O18PS/c1-8-32(4)46(78-48(83)38(61)12-11-21-67-58(62)63)56(91)74-42(25-36-27-66-30-70-36)53(88)72-40(19-23-99(7)96)51(86)77-45(31(2)3)55(90)73-41(24-35-14-16-37(82)17-15-35)52(87)75-43(28-80)54(89)71-39(13-9-10-20-60)50(85)79-47(33(5)18-22-68-59(64)65)57(92)76-44(29-97-98(93,94)95)49(84)69-26-34(6)81/h14-18,27,30-32,38-47,80,82H,8-13,19-26,28-29,60-61H2,1-7H3,(H,66,70)(H,69,84)(H,71,89)(H,72,88)(H,73,90)(H,74,91)(H,75,87)(H,76,92)(H,77,86)(H,78,83)(H,79,85)(H4,62,63,67)(H4,64,65,68)(H2,93,94,95)/b33-18+/t32-,38+,39-,40-,41-,42+,43-,44-,45-,46-,47+,99?/m0/s1. The number of rotatable bonds is 46. The zero-order valence-corrected chi connectivity index (χ0v) is 58.2. The third kappa shape index (κ3) is 33.4. The summed E-state index contributed by atoms with van der Waals surface area (Å²) in [7, 11) is -6.81. The highest BCUT2D eigenvalue weighted by Gasteiger charge is 2.38. The van der Waals surface area contributed by atoms with E-state index in [0.29, 0.717) is 30.5 Å². The second-order valence-electron chi connectivity index (χ2n) is 23.6. The molecule has 40 heteroatoms. The number of unbranched alkanes of at least 4 members (excludes halogenated alkanes) is 1. The van der Waals surface area contributed by atoms with Crippen molar-refractivity contribution in [2.75, 3.05) is 51.4 Å². The number of phenolic OH excluding ortho intramolecular Hbond substituents is 1. The number of amides is 10. The average Bonchev–Trinajstić information content (AvgIpc) is 1.62. The molecule has 10 amide bonds. The van der Waals surface area contributed by atoms with Gasteiger partial charge in [-0.1, -0.05) is 52.3 Å². The summed E-state index contributed by atoms with van der Waals surface area (Å²) in [5, 5.41) is 45.6. The lowest BCUT2D eigenvalue weighted by atomic mass is 9.96. The van der Waals surface area contributed by atoms with Crippen LogP contribution < -0.4 is 87.6 Å². The van der Waals surface area contributed by atoms with Crippen LogP contribution in [0, 0.1) is 11.8 Å². The number of aliphatic imine (C=N–C) groups is 2. The molecular formula is C59H99N20O18PS. The van der Waals surface area contributed by atoms with Crippen LogP contribution in [0.25, 0.3) is 0 Å². The summed E-state index contributed by atoms with van der Waals surface area (Å²) in [6.07, 6.45) is 5.69. The van der Waals surface area contributed by atoms with Crippen LogP contribution in [0.3, 0.4) is 0 Å². The van der Waals surface area contributed by atoms with Gasteiger partial charge in [0, 0.05) is 54.1 Å². The van der Waals surface area contributed by atoms with Crippen LogP contribution in [0.2, 0.25) is 0 Å². The van der Waals surface area contributed by atoms with Crippen LogP contribution >= 0.6 is 7.82 Å². The van der Waals surface area contributed by atoms with E-state index in [1.807, 2.05) is 0 Å². The topological polar surface area (TPSA) is 642 Å². The first-order valence-electron chi connectivity index (χ1n) is 31.6. The molecule has 0 fully saturated rings. The van der Waals surface area contributed by atoms with Crippen LogP contribution in [0.4, 0.5) is 0 Å². The third-order valence-corrected chi connectivity index (χ3v) is 16.2. The Labute approximate surface area is 575 Å². The first kappa shape index (κ1) is 86.1. The van der Waals surface area contributed by atoms with Crippen molar-refractivity contribution in [2.24, 2.45) is 56.2 Å². The monoisotopic (exact) mass is 1440 g/mol. The Morgan fingerprint density at radius 3 is 1.74 bits per heavy atom. The van der Waals surface area contributed by atoms with Crippen LogP contribution in [0.15, 0.2) is 58.4 Å². The fourth-order valence-electron chi connectivity index (χ4n) is 9.14. The van der Waals surface area contributed by atoms with Crippen LogP contribution in [0.5, 0.6) is 5.75 Å². The fourth-order valence-corrected chi connectivity index (χ4v) is 10.0. The van der Waals surface area contributed by atoms with E-state index in [2.05, 4.69) is 77.6 Å². The number of carbonyl (C=O) groups excluding carboxylic acids is 11. The molecule has 0 saturated heterocycles. The molecule has 0 aliphatic carbocycles. The number of aromatic hydroxyl groups is 1. The Morgan fingerprint density at radius 1 is 0.667 bits per heavy atom. The maximum atomic E-state index is 14.6. The minimum absolute atomic E-state index is 0.0142. The number of phosphoric acid groups is 1. The van der Waals surface area contributed by atoms with E-state index in [-0.39, 0.29) is 87.2 Å². The SMILES string of the molecule is CC[C@H](C)[C@H](NC(=O)[C@H](N)CCCN=C(N)N)C(=O)N[C@H](Cc1cnc[nH]1)C(=O)N[C@@H](CCS(C)=O)C(=O)N[C@H](C(=O)N[C@@H](Cc1ccc(O)cc1)C(=O)N[C@@H](CO)C(=O)N[C@@H](CCCCN)C(=O)N[C@@H](C(=O)N[C@@H](COP(=O)(O)O)C(=O)NCC(C)=O)/C(C)=C/CN=C(N)N)C(C)C. The summed E-state index contributed by atoms with van der Waals surface area (Å²) in [6.45, 7) is 6.27. The summed E-state index contributed by atoms with van der Waals surface area (Å²) in [5.41, 5.74) is 34.4. The summed E-state index contributed by atoms with van der Waals surface area (Å²) >= 11 is 0. The molecule has 1 aromatic heterocycles. The van der Waals surface area contributed by atoms with Gasteiger partial charge in [0.2, 0.25) is 59.1 Å². The fraction of sp³-hybridized carbons (Fsp3) is 0.593. The van der Waals surface area contributed by atoms with Crippen LogP contribution in [-0.2, 0) is 85.5 Å². The van der Waals surface area contributed by atoms with Crippen molar-refractivity contribution >= 4 is 95.4 Å². The maximum absolute atomic E-state index is 14.6. The number of H-pyrrole nitrogens is 1. The molecular weight excluding hydrogens is 1340 g/mol. The van der Waals surface area contributed by atoms with Gasteiger partial charge in [-0.05, 0) is 94.0 Å². The molecule has 2 rings (SSSR count). The van der Waals surface area contributed by atoms with Crippen molar-refractivity contribution in [3.8, 4) is 5.75 Å². The number of carbonyl (C=O) groups is 11. The van der Waals surface area contributed by atoms with Crippen LogP contribution in [-0.4, -0.2) is 223 Å². The molecule has 99 heavy (non-hydrogen) atoms. The first-order chi connectivity index (χ1) is 46.5. The molecule has 12 atom stereocenters. The van der Waals surface area contributed by atoms with Crippen molar-refractivity contribution in [1.82, 2.24) is 63.1 Å². The lowest BCUT2D eigenvalue weighted by molar-refractivity contribution is -0.136. The lowest BCUT2D eigenvalue weighted by Crippen LogP contribution is -2.62. The summed E-state index contributed by atoms with van der Waals surface area (Å²) in [4.78, 5) is 186. The number of Topliss-reactive ketones (excluding diaryl/α,β-unsaturated/α-hetero) is 1. The first-order valence-corrected chi connectivity index (χ1v) is 34.9. The van der Waals surface area contributed by atoms with Gasteiger partial charge in [-0.25, -0.2) is 14.5 Å². The van der Waals surface area contributed by atoms with E-state index >= 15 is 0 Å². The highest BCUT2D eigenvalue weighted by Crippen LogP contribution is 2.35. The predicted molar refractivity (Wildman–Crippen MR) is 363 cm³/mol. The number of aromatic nitrogens is 2. The summed E-state index contributed by atoms with van der Waals surface area (Å²) in [5.74, 6) is -12.6. The molecule has 0 aliphatic heterocycles. The molecule has 1 unspecified atom stereocenters. The molecule has 38 nitrogen and oxygen atoms in total. The van der Waals surface area contributed by atoms with E-state index in [4.69, 9.17) is 34.4 Å². The van der Waals surface area contributed by atoms with Gasteiger partial charge in [0.1, 0.15) is 65.9 Å². The number of nitrogens with two attached hydrogens (primary N) is 6. The second kappa shape index (κ2) is 44.1. The molecule has 2 aromatic rings. The van der Waals surface area contributed by atoms with Gasteiger partial charge >= 0.3 is 7.82 Å². The van der Waals surface area contributed by atoms with E-state index in [9.17, 15) is 81.5 Å². The molecule has 1 heterocycles. The number of aliphatic hydroxyl groups excluding tert-OH is 1. The third-order valence-electron chi connectivity index (χ3n) is 14.9. The largest absolute Gasteiger partial charge is 0.508 e. The van der Waals surface area contributed by atoms with Crippen LogP contribution in [0.1, 0.15) is 97.7 Å². The van der Waals surface area contributed by atoms with Gasteiger partial charge in [0.25, 0.3) is 0 Å². The van der Waals surface area contributed by atoms with Gasteiger partial charge in [-0.2, -0.15) is 0 Å². The molecule has 554 valence electrons. The number of phosphoric ester groups is 1. The van der Waals surface area contributed by atoms with Crippen molar-refractivity contribution in [3.63, 3.8) is 0 Å². The molecule has 27 N–H and O–H groups in total. The number of hydrogen-bond donors (Lipinski definition) is 21. The molecule has 1 aromatic carbocycles. The van der Waals surface area contributed by atoms with Gasteiger partial charge in [0.15, 0.2) is 11.9 Å². The number of guanidine groups is 2. The summed E-state index contributed by atoms with van der Waals surface area (Å²) in [6, 6.07) is -10.2. The van der Waals surface area contributed by atoms with E-state index in [1.165, 1.54) is 56.0 Å². The lowest BCUT2D eigenvalue weighted by Gasteiger charge is -2.29. The molecule has 0 aliphatic rings. The number of nitrogens with zero attached hydrogens (tertiary/aromatic N) is 3. The Hall–Kier alpha value is -8.98. The molecule has 0 spiro atoms. The smallest absolute Gasteiger partial charge is 0.469 e. The van der Waals surface area contributed by atoms with Gasteiger partial charge in [-0.3, -0.25) is 66.5 Å². The molecule has 0 saturated carbocycles. The Kier molecular flexibility index (Phi) is 38.4. The number of benzene rings is 1. The average molecular weight is 1440 g/mol. The number of ketones is 1. The second-order valence-corrected chi connectivity index (χ2v) is 26.4. The number of phenols is 1.